The summed E-state index contributed by atoms with van der Waals surface area (Å²) < 4.78 is 30.6. The molecule has 0 bridgehead atoms. The second-order valence-corrected chi connectivity index (χ2v) is 9.68. The van der Waals surface area contributed by atoms with Crippen LogP contribution in [0.1, 0.15) is 35.0 Å². The maximum Gasteiger partial charge on any atom is 0.246 e. The summed E-state index contributed by atoms with van der Waals surface area (Å²) in [6, 6.07) is 7.36. The number of benzene rings is 1. The fraction of sp³-hybridized carbons (Fsp3) is 0.429. The first kappa shape index (κ1) is 21.1. The fourth-order valence-electron chi connectivity index (χ4n) is 3.60. The summed E-state index contributed by atoms with van der Waals surface area (Å²) in [6.07, 6.45) is 3.88. The first-order valence-corrected chi connectivity index (χ1v) is 11.3. The molecule has 0 radical (unpaired) electrons. The van der Waals surface area contributed by atoms with Crippen molar-refractivity contribution in [3.05, 3.63) is 52.9 Å². The first-order chi connectivity index (χ1) is 13.7. The van der Waals surface area contributed by atoms with E-state index in [0.717, 1.165) is 28.3 Å². The van der Waals surface area contributed by atoms with Crippen molar-refractivity contribution in [1.29, 1.82) is 0 Å². The van der Waals surface area contributed by atoms with Crippen LogP contribution in [-0.2, 0) is 21.2 Å². The van der Waals surface area contributed by atoms with Gasteiger partial charge < -0.3 is 9.64 Å². The molecule has 8 heteroatoms. The number of hydrogen-bond donors (Lipinski definition) is 0. The molecular weight excluding hydrogens is 390 g/mol. The average molecular weight is 418 g/mol. The second-order valence-electron chi connectivity index (χ2n) is 7.46. The van der Waals surface area contributed by atoms with Gasteiger partial charge in [-0.05, 0) is 44.0 Å². The van der Waals surface area contributed by atoms with E-state index in [-0.39, 0.29) is 23.5 Å². The maximum absolute atomic E-state index is 12.5. The predicted molar refractivity (Wildman–Crippen MR) is 113 cm³/mol. The highest BCUT2D eigenvalue weighted by Gasteiger charge is 2.31. The van der Waals surface area contributed by atoms with E-state index in [1.165, 1.54) is 6.08 Å². The number of aromatic nitrogens is 2. The first-order valence-electron chi connectivity index (χ1n) is 9.52. The number of nitrogens with zero attached hydrogens (tertiary/aromatic N) is 3. The third kappa shape index (κ3) is 4.87. The van der Waals surface area contributed by atoms with E-state index in [4.69, 9.17) is 4.74 Å². The molecule has 3 rings (SSSR count). The van der Waals surface area contributed by atoms with Crippen molar-refractivity contribution in [3.8, 4) is 5.75 Å². The highest BCUT2D eigenvalue weighted by Crippen LogP contribution is 2.27. The van der Waals surface area contributed by atoms with Gasteiger partial charge in [0.2, 0.25) is 5.91 Å². The van der Waals surface area contributed by atoms with Crippen molar-refractivity contribution in [3.63, 3.8) is 0 Å². The molecule has 1 fully saturated rings. The molecule has 1 saturated heterocycles. The van der Waals surface area contributed by atoms with Gasteiger partial charge in [0, 0.05) is 30.9 Å². The van der Waals surface area contributed by atoms with Crippen molar-refractivity contribution in [2.75, 3.05) is 25.7 Å². The number of carbonyl (C=O) groups is 1. The number of methoxy groups -OCH3 is 1. The van der Waals surface area contributed by atoms with E-state index < -0.39 is 9.84 Å². The van der Waals surface area contributed by atoms with Crippen LogP contribution < -0.4 is 4.74 Å². The lowest BCUT2D eigenvalue weighted by Crippen LogP contribution is -2.24. The van der Waals surface area contributed by atoms with Crippen molar-refractivity contribution in [1.82, 2.24) is 14.7 Å². The van der Waals surface area contributed by atoms with Crippen LogP contribution in [0.25, 0.3) is 6.08 Å². The van der Waals surface area contributed by atoms with Crippen LogP contribution in [0.5, 0.6) is 5.75 Å². The van der Waals surface area contributed by atoms with Gasteiger partial charge in [0.15, 0.2) is 9.84 Å². The van der Waals surface area contributed by atoms with Crippen LogP contribution in [0.3, 0.4) is 0 Å². The summed E-state index contributed by atoms with van der Waals surface area (Å²) in [6.45, 7) is 4.25. The maximum atomic E-state index is 12.5. The van der Waals surface area contributed by atoms with E-state index >= 15 is 0 Å². The summed E-state index contributed by atoms with van der Waals surface area (Å²) in [5.74, 6) is 0.953. The molecule has 1 atom stereocenters. The quantitative estimate of drug-likeness (QED) is 0.675. The van der Waals surface area contributed by atoms with Crippen LogP contribution >= 0.6 is 0 Å². The van der Waals surface area contributed by atoms with Crippen LogP contribution in [0.4, 0.5) is 0 Å². The molecule has 0 spiro atoms. The van der Waals surface area contributed by atoms with E-state index in [1.54, 1.807) is 25.1 Å². The number of carbonyl (C=O) groups excluding carboxylic acids is 1. The van der Waals surface area contributed by atoms with Gasteiger partial charge in [-0.2, -0.15) is 5.10 Å². The monoisotopic (exact) mass is 417 g/mol. The molecule has 0 saturated carbocycles. The number of amides is 1. The molecular formula is C21H27N3O4S. The smallest absolute Gasteiger partial charge is 0.246 e. The second kappa shape index (κ2) is 8.41. The van der Waals surface area contributed by atoms with Gasteiger partial charge in [-0.3, -0.25) is 9.48 Å². The van der Waals surface area contributed by atoms with Gasteiger partial charge in [-0.15, -0.1) is 0 Å². The van der Waals surface area contributed by atoms with Crippen molar-refractivity contribution in [2.45, 2.75) is 32.9 Å². The minimum atomic E-state index is -2.98. The van der Waals surface area contributed by atoms with Crippen LogP contribution in [0.15, 0.2) is 30.3 Å². The number of aryl methyl sites for hydroxylation is 1. The largest absolute Gasteiger partial charge is 0.497 e. The van der Waals surface area contributed by atoms with Gasteiger partial charge in [0.25, 0.3) is 0 Å². The Balaban J connectivity index is 1.71. The molecule has 2 aromatic rings. The minimum absolute atomic E-state index is 0.122. The zero-order chi connectivity index (χ0) is 21.2. The highest BCUT2D eigenvalue weighted by atomic mass is 32.2. The molecule has 0 N–H and O–H groups in total. The Morgan fingerprint density at radius 1 is 1.38 bits per heavy atom. The van der Waals surface area contributed by atoms with Crippen molar-refractivity contribution in [2.24, 2.45) is 0 Å². The fourth-order valence-corrected chi connectivity index (χ4v) is 5.30. The van der Waals surface area contributed by atoms with E-state index in [0.29, 0.717) is 13.0 Å². The lowest BCUT2D eigenvalue weighted by Gasteiger charge is -2.16. The molecule has 1 aromatic heterocycles. The highest BCUT2D eigenvalue weighted by molar-refractivity contribution is 7.91. The molecule has 29 heavy (non-hydrogen) atoms. The molecule has 1 aliphatic heterocycles. The summed E-state index contributed by atoms with van der Waals surface area (Å²) in [5.41, 5.74) is 3.58. The Bertz CT molecular complexity index is 1040. The SMILES string of the molecule is COc1cccc(/C=C/C(=O)N(C)Cc2c(C)nn([C@H]3CCS(=O)(=O)C3)c2C)c1. The zero-order valence-corrected chi connectivity index (χ0v) is 18.1. The number of rotatable bonds is 6. The summed E-state index contributed by atoms with van der Waals surface area (Å²) in [4.78, 5) is 14.2. The standard InChI is InChI=1S/C21H27N3O4S/c1-15-20(16(2)24(22-15)18-10-11-29(26,27)14-18)13-23(3)21(25)9-8-17-6-5-7-19(12-17)28-4/h5-9,12,18H,10-11,13-14H2,1-4H3/b9-8+/t18-/m0/s1. The molecule has 7 nitrogen and oxygen atoms in total. The summed E-state index contributed by atoms with van der Waals surface area (Å²) >= 11 is 0. The molecule has 1 aliphatic rings. The van der Waals surface area contributed by atoms with Crippen molar-refractivity contribution < 1.29 is 17.9 Å². The van der Waals surface area contributed by atoms with Gasteiger partial charge >= 0.3 is 0 Å². The zero-order valence-electron chi connectivity index (χ0n) is 17.3. The molecule has 156 valence electrons. The number of likely N-dealkylation sites (N-methyl/N-ethyl adjacent to an activating group) is 1. The van der Waals surface area contributed by atoms with Crippen LogP contribution in [0.2, 0.25) is 0 Å². The Labute approximate surface area is 171 Å². The number of sulfone groups is 1. The Kier molecular flexibility index (Phi) is 6.12. The Morgan fingerprint density at radius 2 is 2.14 bits per heavy atom. The van der Waals surface area contributed by atoms with Gasteiger partial charge in [0.1, 0.15) is 5.75 Å². The number of ether oxygens (including phenoxy) is 1. The van der Waals surface area contributed by atoms with Gasteiger partial charge in [-0.25, -0.2) is 8.42 Å². The predicted octanol–water partition coefficient (Wildman–Crippen LogP) is 2.54. The molecule has 0 aliphatic carbocycles. The molecule has 1 aromatic carbocycles. The molecule has 2 heterocycles. The van der Waals surface area contributed by atoms with E-state index in [9.17, 15) is 13.2 Å². The molecule has 1 amide bonds. The van der Waals surface area contributed by atoms with Gasteiger partial charge in [0.05, 0.1) is 30.4 Å². The lowest BCUT2D eigenvalue weighted by atomic mass is 10.1. The van der Waals surface area contributed by atoms with E-state index in [1.807, 2.05) is 42.8 Å². The van der Waals surface area contributed by atoms with Crippen LogP contribution in [-0.4, -0.2) is 54.7 Å². The van der Waals surface area contributed by atoms with Crippen LogP contribution in [0, 0.1) is 13.8 Å². The summed E-state index contributed by atoms with van der Waals surface area (Å²) in [7, 11) is 0.367. The average Bonchev–Trinajstić information content (AvgIpc) is 3.19. The summed E-state index contributed by atoms with van der Waals surface area (Å²) in [5, 5.41) is 4.57. The minimum Gasteiger partial charge on any atom is -0.497 e. The number of hydrogen-bond acceptors (Lipinski definition) is 5. The Hall–Kier alpha value is -2.61. The topological polar surface area (TPSA) is 81.5 Å². The molecule has 0 unspecified atom stereocenters. The lowest BCUT2D eigenvalue weighted by molar-refractivity contribution is -0.125. The third-order valence-electron chi connectivity index (χ3n) is 5.31. The third-order valence-corrected chi connectivity index (χ3v) is 7.06. The van der Waals surface area contributed by atoms with E-state index in [2.05, 4.69) is 5.10 Å². The van der Waals surface area contributed by atoms with Crippen molar-refractivity contribution >= 4 is 21.8 Å². The Morgan fingerprint density at radius 3 is 2.79 bits per heavy atom. The normalized spacial score (nSPS) is 18.3. The van der Waals surface area contributed by atoms with Gasteiger partial charge in [-0.1, -0.05) is 12.1 Å².